The van der Waals surface area contributed by atoms with Crippen molar-refractivity contribution >= 4 is 0 Å². The lowest BCUT2D eigenvalue weighted by atomic mass is 9.86. The molecule has 1 aromatic rings. The third kappa shape index (κ3) is 5.36. The Hall–Kier alpha value is -1.00. The summed E-state index contributed by atoms with van der Waals surface area (Å²) in [6.45, 7) is 9.47. The Morgan fingerprint density at radius 3 is 2.90 bits per heavy atom. The second kappa shape index (κ2) is 7.32. The van der Waals surface area contributed by atoms with Gasteiger partial charge in [-0.2, -0.15) is 0 Å². The molecule has 2 rings (SSSR count). The third-order valence-corrected chi connectivity index (χ3v) is 3.91. The van der Waals surface area contributed by atoms with Crippen LogP contribution in [0.3, 0.4) is 0 Å². The van der Waals surface area contributed by atoms with Gasteiger partial charge in [0, 0.05) is 32.0 Å². The largest absolute Gasteiger partial charge is 0.383 e. The molecule has 1 aliphatic rings. The molecule has 1 N–H and O–H groups in total. The summed E-state index contributed by atoms with van der Waals surface area (Å²) in [7, 11) is 1.74. The number of aryl methyl sites for hydroxylation is 1. The minimum atomic E-state index is 0.247. The zero-order valence-electron chi connectivity index (χ0n) is 13.9. The van der Waals surface area contributed by atoms with Crippen molar-refractivity contribution in [1.82, 2.24) is 15.3 Å². The second-order valence-electron chi connectivity index (χ2n) is 7.30. The van der Waals surface area contributed by atoms with Crippen LogP contribution in [0.1, 0.15) is 44.3 Å². The van der Waals surface area contributed by atoms with Gasteiger partial charge in [-0.15, -0.1) is 0 Å². The van der Waals surface area contributed by atoms with Gasteiger partial charge in [-0.1, -0.05) is 20.8 Å². The van der Waals surface area contributed by atoms with Crippen LogP contribution in [-0.2, 0) is 24.0 Å². The molecule has 0 radical (unpaired) electrons. The van der Waals surface area contributed by atoms with Crippen molar-refractivity contribution in [2.75, 3.05) is 26.8 Å². The van der Waals surface area contributed by atoms with E-state index in [0.717, 1.165) is 44.8 Å². The molecule has 1 aromatic heterocycles. The van der Waals surface area contributed by atoms with Gasteiger partial charge in [0.25, 0.3) is 0 Å². The van der Waals surface area contributed by atoms with Crippen LogP contribution in [0.25, 0.3) is 0 Å². The minimum Gasteiger partial charge on any atom is -0.383 e. The van der Waals surface area contributed by atoms with E-state index < -0.39 is 0 Å². The van der Waals surface area contributed by atoms with E-state index in [4.69, 9.17) is 9.72 Å². The molecule has 0 aromatic carbocycles. The van der Waals surface area contributed by atoms with Gasteiger partial charge in [0.2, 0.25) is 0 Å². The normalized spacial score (nSPS) is 18.6. The molecule has 1 unspecified atom stereocenters. The maximum atomic E-state index is 5.06. The summed E-state index contributed by atoms with van der Waals surface area (Å²) in [4.78, 5) is 9.36. The molecule has 4 nitrogen and oxygen atoms in total. The van der Waals surface area contributed by atoms with Gasteiger partial charge in [0.05, 0.1) is 6.61 Å². The van der Waals surface area contributed by atoms with Gasteiger partial charge in [-0.3, -0.25) is 0 Å². The quantitative estimate of drug-likeness (QED) is 0.818. The number of rotatable bonds is 6. The topological polar surface area (TPSA) is 47.0 Å². The van der Waals surface area contributed by atoms with E-state index in [0.29, 0.717) is 5.92 Å². The lowest BCUT2D eigenvalue weighted by Crippen LogP contribution is -2.30. The Balaban J connectivity index is 1.90. The van der Waals surface area contributed by atoms with Crippen LogP contribution < -0.4 is 5.32 Å². The van der Waals surface area contributed by atoms with Crippen molar-refractivity contribution in [1.29, 1.82) is 0 Å². The summed E-state index contributed by atoms with van der Waals surface area (Å²) in [5.41, 5.74) is 2.87. The molecule has 0 fully saturated rings. The Bertz CT molecular complexity index is 454. The molecule has 1 aliphatic carbocycles. The Labute approximate surface area is 128 Å². The number of nitrogens with zero attached hydrogens (tertiary/aromatic N) is 2. The summed E-state index contributed by atoms with van der Waals surface area (Å²) in [6.07, 6.45) is 6.42. The fraction of sp³-hybridized carbons (Fsp3) is 0.765. The zero-order valence-corrected chi connectivity index (χ0v) is 13.9. The highest BCUT2D eigenvalue weighted by atomic mass is 16.5. The van der Waals surface area contributed by atoms with Crippen molar-refractivity contribution in [3.63, 3.8) is 0 Å². The van der Waals surface area contributed by atoms with Crippen LogP contribution in [0.15, 0.2) is 6.20 Å². The van der Waals surface area contributed by atoms with Crippen molar-refractivity contribution in [3.05, 3.63) is 23.3 Å². The van der Waals surface area contributed by atoms with Gasteiger partial charge in [0.1, 0.15) is 5.82 Å². The zero-order chi connectivity index (χ0) is 15.3. The van der Waals surface area contributed by atoms with Crippen LogP contribution in [0.2, 0.25) is 0 Å². The number of hydrogen-bond donors (Lipinski definition) is 1. The molecular weight excluding hydrogens is 262 g/mol. The van der Waals surface area contributed by atoms with E-state index in [1.165, 1.54) is 17.7 Å². The van der Waals surface area contributed by atoms with E-state index in [1.54, 1.807) is 7.11 Å². The smallest absolute Gasteiger partial charge is 0.129 e. The Morgan fingerprint density at radius 2 is 2.19 bits per heavy atom. The third-order valence-electron chi connectivity index (χ3n) is 3.91. The number of aromatic nitrogens is 2. The summed E-state index contributed by atoms with van der Waals surface area (Å²) < 4.78 is 5.06. The maximum Gasteiger partial charge on any atom is 0.129 e. The maximum absolute atomic E-state index is 5.06. The molecule has 1 atom stereocenters. The average Bonchev–Trinajstić information content (AvgIpc) is 2.42. The number of fused-ring (bicyclic) bond motifs is 1. The van der Waals surface area contributed by atoms with Crippen molar-refractivity contribution < 1.29 is 4.74 Å². The molecular formula is C17H29N3O. The number of methoxy groups -OCH3 is 1. The van der Waals surface area contributed by atoms with Crippen molar-refractivity contribution in [3.8, 4) is 0 Å². The lowest BCUT2D eigenvalue weighted by molar-refractivity contribution is 0.197. The minimum absolute atomic E-state index is 0.247. The highest BCUT2D eigenvalue weighted by Crippen LogP contribution is 2.25. The first-order chi connectivity index (χ1) is 9.98. The van der Waals surface area contributed by atoms with Crippen LogP contribution >= 0.6 is 0 Å². The highest BCUT2D eigenvalue weighted by molar-refractivity contribution is 5.21. The first kappa shape index (κ1) is 16.4. The van der Waals surface area contributed by atoms with E-state index in [9.17, 15) is 0 Å². The van der Waals surface area contributed by atoms with Crippen molar-refractivity contribution in [2.45, 2.75) is 46.5 Å². The van der Waals surface area contributed by atoms with Crippen molar-refractivity contribution in [2.24, 2.45) is 11.3 Å². The molecule has 1 heterocycles. The summed E-state index contributed by atoms with van der Waals surface area (Å²) >= 11 is 0. The van der Waals surface area contributed by atoms with Gasteiger partial charge in [-0.05, 0) is 42.7 Å². The van der Waals surface area contributed by atoms with Gasteiger partial charge < -0.3 is 10.1 Å². The summed E-state index contributed by atoms with van der Waals surface area (Å²) in [5, 5.41) is 3.46. The predicted octanol–water partition coefficient (Wildman–Crippen LogP) is 2.41. The fourth-order valence-electron chi connectivity index (χ4n) is 2.84. The molecule has 0 saturated carbocycles. The predicted molar refractivity (Wildman–Crippen MR) is 85.5 cm³/mol. The van der Waals surface area contributed by atoms with E-state index in [-0.39, 0.29) is 5.41 Å². The summed E-state index contributed by atoms with van der Waals surface area (Å²) in [6, 6.07) is 0. The van der Waals surface area contributed by atoms with Crippen LogP contribution in [-0.4, -0.2) is 36.8 Å². The monoisotopic (exact) mass is 291 g/mol. The van der Waals surface area contributed by atoms with Crippen LogP contribution in [0, 0.1) is 11.3 Å². The molecule has 21 heavy (non-hydrogen) atoms. The van der Waals surface area contributed by atoms with E-state index in [1.807, 2.05) is 0 Å². The number of hydrogen-bond acceptors (Lipinski definition) is 4. The molecule has 0 aliphatic heterocycles. The standard InChI is InChI=1S/C17H29N3O/c1-17(2,3)10-16-19-12-14-9-13(5-6-15(14)20-16)11-18-7-8-21-4/h12-13,18H,5-11H2,1-4H3. The highest BCUT2D eigenvalue weighted by Gasteiger charge is 2.21. The van der Waals surface area contributed by atoms with Gasteiger partial charge >= 0.3 is 0 Å². The van der Waals surface area contributed by atoms with Gasteiger partial charge in [-0.25, -0.2) is 9.97 Å². The number of ether oxygens (including phenoxy) is 1. The second-order valence-corrected chi connectivity index (χ2v) is 7.30. The average molecular weight is 291 g/mol. The summed E-state index contributed by atoms with van der Waals surface area (Å²) in [5.74, 6) is 1.70. The SMILES string of the molecule is COCCNCC1CCc2nc(CC(C)(C)C)ncc2C1. The Morgan fingerprint density at radius 1 is 1.38 bits per heavy atom. The Kier molecular flexibility index (Phi) is 5.71. The molecule has 0 bridgehead atoms. The van der Waals surface area contributed by atoms with E-state index in [2.05, 4.69) is 37.3 Å². The molecule has 0 amide bonds. The molecule has 0 saturated heterocycles. The van der Waals surface area contributed by atoms with Gasteiger partial charge in [0.15, 0.2) is 0 Å². The molecule has 118 valence electrons. The molecule has 0 spiro atoms. The first-order valence-electron chi connectivity index (χ1n) is 8.01. The molecule has 4 heteroatoms. The fourth-order valence-corrected chi connectivity index (χ4v) is 2.84. The first-order valence-corrected chi connectivity index (χ1v) is 8.01. The van der Waals surface area contributed by atoms with Crippen LogP contribution in [0.4, 0.5) is 0 Å². The van der Waals surface area contributed by atoms with E-state index >= 15 is 0 Å². The lowest BCUT2D eigenvalue weighted by Gasteiger charge is -2.25. The van der Waals surface area contributed by atoms with Crippen LogP contribution in [0.5, 0.6) is 0 Å². The number of nitrogens with one attached hydrogen (secondary N) is 1.